The number of rotatable bonds is 3. The van der Waals surface area contributed by atoms with Crippen molar-refractivity contribution in [3.05, 3.63) is 45.7 Å². The van der Waals surface area contributed by atoms with Gasteiger partial charge in [-0.05, 0) is 36.1 Å². The number of aliphatic hydroxyl groups is 1. The molecule has 0 fully saturated rings. The van der Waals surface area contributed by atoms with Gasteiger partial charge in [-0.2, -0.15) is 0 Å². The number of hydrogen-bond donors (Lipinski definition) is 1. The van der Waals surface area contributed by atoms with E-state index < -0.39 is 6.10 Å². The highest BCUT2D eigenvalue weighted by Crippen LogP contribution is 2.37. The lowest BCUT2D eigenvalue weighted by Crippen LogP contribution is -1.93. The molecule has 1 atom stereocenters. The zero-order valence-electron chi connectivity index (χ0n) is 8.68. The molecule has 0 bridgehead atoms. The summed E-state index contributed by atoms with van der Waals surface area (Å²) in [6.45, 7) is 1.79. The van der Waals surface area contributed by atoms with Crippen LogP contribution >= 0.6 is 39.0 Å². The van der Waals surface area contributed by atoms with Crippen LogP contribution in [0, 0.1) is 0 Å². The molecule has 0 saturated carbocycles. The van der Waals surface area contributed by atoms with E-state index in [1.54, 1.807) is 30.0 Å². The fourth-order valence-corrected chi connectivity index (χ4v) is 3.87. The van der Waals surface area contributed by atoms with Gasteiger partial charge in [-0.3, -0.25) is 0 Å². The first kappa shape index (κ1) is 12.2. The highest BCUT2D eigenvalue weighted by Gasteiger charge is 2.10. The highest BCUT2D eigenvalue weighted by atomic mass is 79.9. The largest absolute Gasteiger partial charge is 0.389 e. The molecule has 0 saturated heterocycles. The third kappa shape index (κ3) is 2.88. The highest BCUT2D eigenvalue weighted by molar-refractivity contribution is 9.10. The number of halogens is 1. The van der Waals surface area contributed by atoms with Gasteiger partial charge in [0.05, 0.1) is 10.3 Å². The summed E-state index contributed by atoms with van der Waals surface area (Å²) in [7, 11) is 0. The molecule has 84 valence electrons. The Kier molecular flexibility index (Phi) is 4.08. The van der Waals surface area contributed by atoms with E-state index in [9.17, 15) is 5.11 Å². The van der Waals surface area contributed by atoms with Crippen LogP contribution in [-0.2, 0) is 0 Å². The number of aliphatic hydroxyl groups excluding tert-OH is 1. The first-order valence-corrected chi connectivity index (χ1v) is 7.34. The van der Waals surface area contributed by atoms with Gasteiger partial charge in [0, 0.05) is 9.37 Å². The van der Waals surface area contributed by atoms with Gasteiger partial charge in [0.15, 0.2) is 0 Å². The second kappa shape index (κ2) is 5.36. The molecule has 4 heteroatoms. The molecule has 1 heterocycles. The average Bonchev–Trinajstić information content (AvgIpc) is 2.70. The van der Waals surface area contributed by atoms with Crippen LogP contribution in [0.15, 0.2) is 49.3 Å². The second-order valence-corrected chi connectivity index (χ2v) is 6.60. The SMILES string of the molecule is CC(O)c1ccc(Br)cc1Sc1cccs1. The molecule has 1 N–H and O–H groups in total. The van der Waals surface area contributed by atoms with Crippen LogP contribution in [0.25, 0.3) is 0 Å². The normalized spacial score (nSPS) is 12.7. The maximum absolute atomic E-state index is 9.70. The Balaban J connectivity index is 2.34. The molecule has 0 radical (unpaired) electrons. The Morgan fingerprint density at radius 2 is 2.19 bits per heavy atom. The monoisotopic (exact) mass is 314 g/mol. The molecule has 2 rings (SSSR count). The second-order valence-electron chi connectivity index (χ2n) is 3.39. The molecule has 0 aliphatic rings. The Hall–Kier alpha value is -0.290. The van der Waals surface area contributed by atoms with Crippen molar-refractivity contribution in [2.75, 3.05) is 0 Å². The number of thiophene rings is 1. The van der Waals surface area contributed by atoms with Gasteiger partial charge in [-0.1, -0.05) is 39.8 Å². The van der Waals surface area contributed by atoms with Gasteiger partial charge < -0.3 is 5.11 Å². The predicted molar refractivity (Wildman–Crippen MR) is 73.2 cm³/mol. The predicted octanol–water partition coefficient (Wildman–Crippen LogP) is 4.72. The van der Waals surface area contributed by atoms with Crippen LogP contribution in [-0.4, -0.2) is 5.11 Å². The Labute approximate surface area is 112 Å². The van der Waals surface area contributed by atoms with Gasteiger partial charge in [0.1, 0.15) is 0 Å². The van der Waals surface area contributed by atoms with Crippen LogP contribution < -0.4 is 0 Å². The molecular weight excluding hydrogens is 304 g/mol. The smallest absolute Gasteiger partial charge is 0.0772 e. The molecule has 16 heavy (non-hydrogen) atoms. The quantitative estimate of drug-likeness (QED) is 0.885. The van der Waals surface area contributed by atoms with E-state index in [0.717, 1.165) is 14.9 Å². The number of benzene rings is 1. The van der Waals surface area contributed by atoms with E-state index in [4.69, 9.17) is 0 Å². The number of hydrogen-bond acceptors (Lipinski definition) is 3. The van der Waals surface area contributed by atoms with E-state index in [2.05, 4.69) is 27.4 Å². The zero-order valence-corrected chi connectivity index (χ0v) is 11.9. The van der Waals surface area contributed by atoms with Crippen LogP contribution in [0.3, 0.4) is 0 Å². The van der Waals surface area contributed by atoms with Gasteiger partial charge in [0.25, 0.3) is 0 Å². The van der Waals surface area contributed by atoms with Crippen LogP contribution in [0.4, 0.5) is 0 Å². The van der Waals surface area contributed by atoms with Gasteiger partial charge in [0.2, 0.25) is 0 Å². The molecule has 0 amide bonds. The Morgan fingerprint density at radius 3 is 2.81 bits per heavy atom. The molecule has 0 aliphatic carbocycles. The lowest BCUT2D eigenvalue weighted by Gasteiger charge is -2.11. The summed E-state index contributed by atoms with van der Waals surface area (Å²) >= 11 is 6.86. The van der Waals surface area contributed by atoms with E-state index >= 15 is 0 Å². The molecule has 1 aromatic carbocycles. The van der Waals surface area contributed by atoms with Crippen molar-refractivity contribution in [2.24, 2.45) is 0 Å². The lowest BCUT2D eigenvalue weighted by atomic mass is 10.1. The first-order valence-electron chi connectivity index (χ1n) is 4.85. The maximum atomic E-state index is 9.70. The lowest BCUT2D eigenvalue weighted by molar-refractivity contribution is 0.196. The molecule has 1 unspecified atom stereocenters. The maximum Gasteiger partial charge on any atom is 0.0772 e. The van der Waals surface area contributed by atoms with Gasteiger partial charge >= 0.3 is 0 Å². The van der Waals surface area contributed by atoms with Crippen molar-refractivity contribution in [3.63, 3.8) is 0 Å². The van der Waals surface area contributed by atoms with Crippen molar-refractivity contribution in [1.82, 2.24) is 0 Å². The van der Waals surface area contributed by atoms with Gasteiger partial charge in [-0.25, -0.2) is 0 Å². The van der Waals surface area contributed by atoms with E-state index in [-0.39, 0.29) is 0 Å². The van der Waals surface area contributed by atoms with Crippen LogP contribution in [0.5, 0.6) is 0 Å². The van der Waals surface area contributed by atoms with Crippen molar-refractivity contribution >= 4 is 39.0 Å². The average molecular weight is 315 g/mol. The third-order valence-corrected chi connectivity index (χ3v) is 4.74. The third-order valence-electron chi connectivity index (χ3n) is 2.13. The van der Waals surface area contributed by atoms with Crippen molar-refractivity contribution < 1.29 is 5.11 Å². The van der Waals surface area contributed by atoms with Crippen LogP contribution in [0.1, 0.15) is 18.6 Å². The van der Waals surface area contributed by atoms with Crippen molar-refractivity contribution in [1.29, 1.82) is 0 Å². The van der Waals surface area contributed by atoms with E-state index in [1.165, 1.54) is 4.21 Å². The molecule has 0 spiro atoms. The summed E-state index contributed by atoms with van der Waals surface area (Å²) in [6, 6.07) is 10.1. The standard InChI is InChI=1S/C12H11BrOS2/c1-8(14)10-5-4-9(13)7-11(10)16-12-3-2-6-15-12/h2-8,14H,1H3. The minimum atomic E-state index is -0.435. The Bertz CT molecular complexity index is 466. The molecule has 0 aliphatic heterocycles. The van der Waals surface area contributed by atoms with E-state index in [1.807, 2.05) is 24.3 Å². The summed E-state index contributed by atoms with van der Waals surface area (Å²) in [5.41, 5.74) is 0.974. The summed E-state index contributed by atoms with van der Waals surface area (Å²) < 4.78 is 2.27. The fourth-order valence-electron chi connectivity index (χ4n) is 1.37. The minimum Gasteiger partial charge on any atom is -0.389 e. The zero-order chi connectivity index (χ0) is 11.5. The molecule has 2 aromatic rings. The van der Waals surface area contributed by atoms with Crippen LogP contribution in [0.2, 0.25) is 0 Å². The fraction of sp³-hybridized carbons (Fsp3) is 0.167. The molecular formula is C12H11BrOS2. The Morgan fingerprint density at radius 1 is 1.38 bits per heavy atom. The summed E-state index contributed by atoms with van der Waals surface area (Å²) in [6.07, 6.45) is -0.435. The summed E-state index contributed by atoms with van der Waals surface area (Å²) in [4.78, 5) is 1.10. The first-order chi connectivity index (χ1) is 7.66. The van der Waals surface area contributed by atoms with Crippen molar-refractivity contribution in [2.45, 2.75) is 22.1 Å². The summed E-state index contributed by atoms with van der Waals surface area (Å²) in [5.74, 6) is 0. The molecule has 1 aromatic heterocycles. The van der Waals surface area contributed by atoms with Crippen molar-refractivity contribution in [3.8, 4) is 0 Å². The minimum absolute atomic E-state index is 0.435. The topological polar surface area (TPSA) is 20.2 Å². The van der Waals surface area contributed by atoms with Gasteiger partial charge in [-0.15, -0.1) is 11.3 Å². The van der Waals surface area contributed by atoms with E-state index in [0.29, 0.717) is 0 Å². The molecule has 1 nitrogen and oxygen atoms in total. The summed E-state index contributed by atoms with van der Waals surface area (Å²) in [5, 5.41) is 11.8.